The summed E-state index contributed by atoms with van der Waals surface area (Å²) in [5.41, 5.74) is 1.33. The van der Waals surface area contributed by atoms with Crippen LogP contribution < -0.4 is 0 Å². The van der Waals surface area contributed by atoms with Gasteiger partial charge in [0.15, 0.2) is 0 Å². The Balaban J connectivity index is 1.94. The summed E-state index contributed by atoms with van der Waals surface area (Å²) in [6, 6.07) is 10.4. The number of aromatic nitrogens is 2. The number of rotatable bonds is 3. The minimum Gasteiger partial charge on any atom is -0.145 e. The topological polar surface area (TPSA) is 25.8 Å². The Morgan fingerprint density at radius 3 is 2.77 bits per heavy atom. The normalized spacial score (nSPS) is 10.2. The largest absolute Gasteiger partial charge is 0.145 e. The van der Waals surface area contributed by atoms with E-state index in [1.54, 1.807) is 18.0 Å². The van der Waals surface area contributed by atoms with Crippen molar-refractivity contribution >= 4 is 23.3 Å². The third kappa shape index (κ3) is 2.54. The lowest BCUT2D eigenvalue weighted by Gasteiger charge is -1.96. The first-order valence-corrected chi connectivity index (χ1v) is 5.65. The number of hydrogen-bond acceptors (Lipinski definition) is 4. The molecule has 0 N–H and O–H groups in total. The first-order valence-electron chi connectivity index (χ1n) is 3.89. The van der Waals surface area contributed by atoms with Crippen LogP contribution in [0.2, 0.25) is 0 Å². The molecule has 0 aliphatic carbocycles. The molecule has 13 heavy (non-hydrogen) atoms. The van der Waals surface area contributed by atoms with Crippen molar-refractivity contribution < 1.29 is 0 Å². The first-order chi connectivity index (χ1) is 6.45. The van der Waals surface area contributed by atoms with Gasteiger partial charge in [0.1, 0.15) is 4.21 Å². The van der Waals surface area contributed by atoms with Gasteiger partial charge in [0.25, 0.3) is 0 Å². The molecule has 0 saturated carbocycles. The quantitative estimate of drug-likeness (QED) is 0.725. The highest BCUT2D eigenvalue weighted by molar-refractivity contribution is 8.00. The molecular weight excluding hydrogens is 200 g/mol. The van der Waals surface area contributed by atoms with E-state index in [9.17, 15) is 0 Å². The lowest BCUT2D eigenvalue weighted by atomic mass is 10.2. The van der Waals surface area contributed by atoms with Crippen molar-refractivity contribution in [2.75, 3.05) is 0 Å². The zero-order valence-electron chi connectivity index (χ0n) is 6.88. The molecular formula is C9H8N2S2. The average Bonchev–Trinajstić information content (AvgIpc) is 2.69. The van der Waals surface area contributed by atoms with Gasteiger partial charge in [0.2, 0.25) is 0 Å². The molecule has 2 rings (SSSR count). The molecule has 0 amide bonds. The summed E-state index contributed by atoms with van der Waals surface area (Å²) in [7, 11) is 0. The lowest BCUT2D eigenvalue weighted by molar-refractivity contribution is 1.15. The minimum atomic E-state index is 0.991. The average molecular weight is 208 g/mol. The lowest BCUT2D eigenvalue weighted by Crippen LogP contribution is -1.76. The summed E-state index contributed by atoms with van der Waals surface area (Å²) < 4.78 is 4.98. The highest BCUT2D eigenvalue weighted by Crippen LogP contribution is 2.23. The van der Waals surface area contributed by atoms with E-state index in [-0.39, 0.29) is 0 Å². The molecule has 0 atom stereocenters. The van der Waals surface area contributed by atoms with E-state index in [0.29, 0.717) is 0 Å². The Kier molecular flexibility index (Phi) is 2.94. The highest BCUT2D eigenvalue weighted by atomic mass is 32.2. The molecule has 0 spiro atoms. The minimum absolute atomic E-state index is 0.991. The molecule has 0 fully saturated rings. The molecule has 0 aliphatic rings. The van der Waals surface area contributed by atoms with Crippen molar-refractivity contribution in [2.24, 2.45) is 0 Å². The van der Waals surface area contributed by atoms with Crippen LogP contribution in [0.4, 0.5) is 0 Å². The van der Waals surface area contributed by atoms with Crippen LogP contribution in [-0.4, -0.2) is 9.59 Å². The zero-order valence-corrected chi connectivity index (χ0v) is 8.52. The Morgan fingerprint density at radius 2 is 2.08 bits per heavy atom. The van der Waals surface area contributed by atoms with E-state index in [4.69, 9.17) is 0 Å². The summed E-state index contributed by atoms with van der Waals surface area (Å²) in [4.78, 5) is 0. The van der Waals surface area contributed by atoms with Gasteiger partial charge in [-0.3, -0.25) is 0 Å². The fraction of sp³-hybridized carbons (Fsp3) is 0.111. The zero-order chi connectivity index (χ0) is 8.93. The van der Waals surface area contributed by atoms with E-state index in [1.165, 1.54) is 21.3 Å². The van der Waals surface area contributed by atoms with Crippen LogP contribution in [0.1, 0.15) is 5.56 Å². The van der Waals surface area contributed by atoms with Gasteiger partial charge in [-0.25, -0.2) is 0 Å². The second-order valence-corrected chi connectivity index (χ2v) is 4.57. The van der Waals surface area contributed by atoms with Crippen LogP contribution >= 0.6 is 23.3 Å². The van der Waals surface area contributed by atoms with Crippen LogP contribution in [-0.2, 0) is 5.75 Å². The van der Waals surface area contributed by atoms with Crippen molar-refractivity contribution in [1.82, 2.24) is 9.59 Å². The Bertz CT molecular complexity index is 345. The summed E-state index contributed by atoms with van der Waals surface area (Å²) in [5, 5.41) is 3.78. The fourth-order valence-electron chi connectivity index (χ4n) is 0.950. The number of benzene rings is 1. The molecule has 0 aliphatic heterocycles. The summed E-state index contributed by atoms with van der Waals surface area (Å²) in [6.07, 6.45) is 1.80. The summed E-state index contributed by atoms with van der Waals surface area (Å²) in [5.74, 6) is 0.991. The molecule has 2 nitrogen and oxygen atoms in total. The van der Waals surface area contributed by atoms with Gasteiger partial charge in [-0.2, -0.15) is 0 Å². The maximum Gasteiger partial charge on any atom is 0.101 e. The van der Waals surface area contributed by atoms with Gasteiger partial charge in [-0.15, -0.1) is 16.9 Å². The van der Waals surface area contributed by atoms with E-state index >= 15 is 0 Å². The van der Waals surface area contributed by atoms with Crippen LogP contribution in [0, 0.1) is 0 Å². The van der Waals surface area contributed by atoms with Gasteiger partial charge in [-0.05, 0) is 17.1 Å². The summed E-state index contributed by atoms with van der Waals surface area (Å²) in [6.45, 7) is 0. The molecule has 2 aromatic rings. The number of thioether (sulfide) groups is 1. The Labute approximate surface area is 85.2 Å². The van der Waals surface area contributed by atoms with E-state index < -0.39 is 0 Å². The molecule has 0 radical (unpaired) electrons. The molecule has 1 heterocycles. The van der Waals surface area contributed by atoms with Crippen LogP contribution in [0.3, 0.4) is 0 Å². The van der Waals surface area contributed by atoms with Gasteiger partial charge in [-0.1, -0.05) is 34.8 Å². The third-order valence-electron chi connectivity index (χ3n) is 1.57. The third-order valence-corrected chi connectivity index (χ3v) is 3.47. The van der Waals surface area contributed by atoms with E-state index in [1.807, 2.05) is 6.07 Å². The van der Waals surface area contributed by atoms with Crippen molar-refractivity contribution in [3.8, 4) is 0 Å². The predicted molar refractivity (Wildman–Crippen MR) is 55.9 cm³/mol. The van der Waals surface area contributed by atoms with Gasteiger partial charge < -0.3 is 0 Å². The Morgan fingerprint density at radius 1 is 1.23 bits per heavy atom. The number of nitrogens with zero attached hydrogens (tertiary/aromatic N) is 2. The maximum atomic E-state index is 3.81. The monoisotopic (exact) mass is 208 g/mol. The van der Waals surface area contributed by atoms with Crippen LogP contribution in [0.25, 0.3) is 0 Å². The smallest absolute Gasteiger partial charge is 0.101 e. The predicted octanol–water partition coefficient (Wildman–Crippen LogP) is 2.83. The van der Waals surface area contributed by atoms with E-state index in [0.717, 1.165) is 5.75 Å². The van der Waals surface area contributed by atoms with Gasteiger partial charge in [0.05, 0.1) is 6.20 Å². The van der Waals surface area contributed by atoms with Gasteiger partial charge >= 0.3 is 0 Å². The summed E-state index contributed by atoms with van der Waals surface area (Å²) >= 11 is 3.22. The van der Waals surface area contributed by atoms with Crippen LogP contribution in [0.15, 0.2) is 40.7 Å². The first kappa shape index (κ1) is 8.72. The van der Waals surface area contributed by atoms with Crippen molar-refractivity contribution in [1.29, 1.82) is 0 Å². The number of hydrogen-bond donors (Lipinski definition) is 0. The molecule has 66 valence electrons. The molecule has 0 saturated heterocycles. The molecule has 0 unspecified atom stereocenters. The molecule has 4 heteroatoms. The maximum absolute atomic E-state index is 3.81. The van der Waals surface area contributed by atoms with Crippen LogP contribution in [0.5, 0.6) is 0 Å². The molecule has 1 aromatic carbocycles. The standard InChI is InChI=1S/C9H8N2S2/c1-2-4-8(5-3-1)7-12-9-6-10-11-13-9/h1-6H,7H2. The molecule has 1 aromatic heterocycles. The second kappa shape index (κ2) is 4.39. The van der Waals surface area contributed by atoms with Gasteiger partial charge in [0, 0.05) is 5.75 Å². The Hall–Kier alpha value is -0.870. The van der Waals surface area contributed by atoms with Crippen molar-refractivity contribution in [3.63, 3.8) is 0 Å². The molecule has 0 bridgehead atoms. The second-order valence-electron chi connectivity index (χ2n) is 2.51. The fourth-order valence-corrected chi connectivity index (χ4v) is 2.33. The SMILES string of the molecule is c1ccc(CSc2cnns2)cc1. The van der Waals surface area contributed by atoms with Crippen molar-refractivity contribution in [2.45, 2.75) is 9.96 Å². The van der Waals surface area contributed by atoms with Crippen molar-refractivity contribution in [3.05, 3.63) is 42.1 Å². The highest BCUT2D eigenvalue weighted by Gasteiger charge is 1.97. The van der Waals surface area contributed by atoms with E-state index in [2.05, 4.69) is 33.9 Å².